The molecule has 0 aliphatic rings. The maximum Gasteiger partial charge on any atom is 0.321 e. The van der Waals surface area contributed by atoms with Gasteiger partial charge in [0.05, 0.1) is 5.69 Å². The lowest BCUT2D eigenvalue weighted by atomic mass is 10.3. The van der Waals surface area contributed by atoms with Crippen LogP contribution in [0.15, 0.2) is 24.3 Å². The summed E-state index contributed by atoms with van der Waals surface area (Å²) < 4.78 is 13.1. The Balaban J connectivity index is 2.95. The molecule has 1 N–H and O–H groups in total. The average molecular weight is 182 g/mol. The van der Waals surface area contributed by atoms with Crippen LogP contribution in [-0.4, -0.2) is 20.1 Å². The van der Waals surface area contributed by atoms with Gasteiger partial charge in [-0.05, 0) is 12.1 Å². The van der Waals surface area contributed by atoms with E-state index in [2.05, 4.69) is 5.32 Å². The lowest BCUT2D eigenvalue weighted by molar-refractivity contribution is 0.249. The van der Waals surface area contributed by atoms with Gasteiger partial charge in [0.2, 0.25) is 0 Å². The summed E-state index contributed by atoms with van der Waals surface area (Å²) in [7, 11) is 3.01. The third-order valence-electron chi connectivity index (χ3n) is 1.73. The highest BCUT2D eigenvalue weighted by molar-refractivity contribution is 5.91. The first kappa shape index (κ1) is 9.51. The highest BCUT2D eigenvalue weighted by atomic mass is 19.1. The van der Waals surface area contributed by atoms with Crippen molar-refractivity contribution in [3.8, 4) is 0 Å². The van der Waals surface area contributed by atoms with Gasteiger partial charge in [-0.1, -0.05) is 12.1 Å². The normalized spacial score (nSPS) is 9.46. The first-order valence-corrected chi connectivity index (χ1v) is 3.86. The Labute approximate surface area is 76.2 Å². The topological polar surface area (TPSA) is 32.3 Å². The summed E-state index contributed by atoms with van der Waals surface area (Å²) in [5, 5.41) is 2.41. The molecule has 13 heavy (non-hydrogen) atoms. The summed E-state index contributed by atoms with van der Waals surface area (Å²) >= 11 is 0. The number of nitrogens with one attached hydrogen (secondary N) is 1. The van der Waals surface area contributed by atoms with Crippen LogP contribution < -0.4 is 10.2 Å². The number of halogens is 1. The Morgan fingerprint density at radius 3 is 2.62 bits per heavy atom. The van der Waals surface area contributed by atoms with Crippen LogP contribution in [0.3, 0.4) is 0 Å². The van der Waals surface area contributed by atoms with E-state index in [9.17, 15) is 9.18 Å². The van der Waals surface area contributed by atoms with E-state index in [0.717, 1.165) is 0 Å². The van der Waals surface area contributed by atoms with Crippen molar-refractivity contribution in [2.45, 2.75) is 0 Å². The van der Waals surface area contributed by atoms with Crippen LogP contribution in [0.25, 0.3) is 0 Å². The van der Waals surface area contributed by atoms with Gasteiger partial charge in [-0.3, -0.25) is 4.90 Å². The number of amides is 2. The third kappa shape index (κ3) is 1.96. The molecule has 0 atom stereocenters. The first-order chi connectivity index (χ1) is 6.16. The van der Waals surface area contributed by atoms with Crippen molar-refractivity contribution >= 4 is 11.7 Å². The molecule has 0 heterocycles. The third-order valence-corrected chi connectivity index (χ3v) is 1.73. The number of benzene rings is 1. The minimum Gasteiger partial charge on any atom is -0.341 e. The predicted octanol–water partition coefficient (Wildman–Crippen LogP) is 1.60. The Kier molecular flexibility index (Phi) is 2.84. The van der Waals surface area contributed by atoms with E-state index < -0.39 is 5.82 Å². The second-order valence-electron chi connectivity index (χ2n) is 2.57. The van der Waals surface area contributed by atoms with Gasteiger partial charge in [0.1, 0.15) is 5.82 Å². The van der Waals surface area contributed by atoms with Crippen molar-refractivity contribution in [1.29, 1.82) is 0 Å². The fourth-order valence-electron chi connectivity index (χ4n) is 1.00. The molecule has 0 saturated heterocycles. The molecule has 1 aromatic rings. The molecule has 0 saturated carbocycles. The quantitative estimate of drug-likeness (QED) is 0.703. The molecule has 4 heteroatoms. The Bertz CT molecular complexity index is 314. The summed E-state index contributed by atoms with van der Waals surface area (Å²) in [6.45, 7) is 0. The zero-order chi connectivity index (χ0) is 9.84. The maximum atomic E-state index is 13.1. The summed E-state index contributed by atoms with van der Waals surface area (Å²) in [6.07, 6.45) is 0. The van der Waals surface area contributed by atoms with Crippen molar-refractivity contribution in [1.82, 2.24) is 5.32 Å². The van der Waals surface area contributed by atoms with E-state index in [-0.39, 0.29) is 11.7 Å². The fraction of sp³-hybridized carbons (Fsp3) is 0.222. The molecular formula is C9H11FN2O. The molecule has 0 radical (unpaired) electrons. The number of para-hydroxylation sites is 1. The van der Waals surface area contributed by atoms with Crippen LogP contribution in [0.2, 0.25) is 0 Å². The lowest BCUT2D eigenvalue weighted by Gasteiger charge is -2.16. The smallest absolute Gasteiger partial charge is 0.321 e. The molecule has 0 bridgehead atoms. The van der Waals surface area contributed by atoms with Crippen LogP contribution in [0, 0.1) is 5.82 Å². The van der Waals surface area contributed by atoms with Gasteiger partial charge in [0.15, 0.2) is 0 Å². The molecular weight excluding hydrogens is 171 g/mol. The van der Waals surface area contributed by atoms with Crippen molar-refractivity contribution < 1.29 is 9.18 Å². The highest BCUT2D eigenvalue weighted by Gasteiger charge is 2.11. The highest BCUT2D eigenvalue weighted by Crippen LogP contribution is 2.16. The zero-order valence-electron chi connectivity index (χ0n) is 7.54. The Morgan fingerprint density at radius 1 is 1.46 bits per heavy atom. The summed E-state index contributed by atoms with van der Waals surface area (Å²) in [6, 6.07) is 5.78. The van der Waals surface area contributed by atoms with E-state index in [0.29, 0.717) is 0 Å². The number of hydrogen-bond acceptors (Lipinski definition) is 1. The molecule has 1 aromatic carbocycles. The second kappa shape index (κ2) is 3.89. The van der Waals surface area contributed by atoms with Crippen LogP contribution >= 0.6 is 0 Å². The molecule has 2 amide bonds. The number of urea groups is 1. The molecule has 0 aliphatic heterocycles. The lowest BCUT2D eigenvalue weighted by Crippen LogP contribution is -2.35. The van der Waals surface area contributed by atoms with Gasteiger partial charge in [0, 0.05) is 14.1 Å². The fourth-order valence-corrected chi connectivity index (χ4v) is 1.00. The van der Waals surface area contributed by atoms with Crippen LogP contribution in [-0.2, 0) is 0 Å². The summed E-state index contributed by atoms with van der Waals surface area (Å²) in [5.41, 5.74) is 0.266. The standard InChI is InChI=1S/C9H11FN2O/c1-11-9(13)12(2)8-6-4-3-5-7(8)10/h3-6H,1-2H3,(H,11,13). The Morgan fingerprint density at radius 2 is 2.08 bits per heavy atom. The van der Waals surface area contributed by atoms with Crippen molar-refractivity contribution in [3.05, 3.63) is 30.1 Å². The van der Waals surface area contributed by atoms with Gasteiger partial charge >= 0.3 is 6.03 Å². The molecule has 0 aliphatic carbocycles. The van der Waals surface area contributed by atoms with E-state index >= 15 is 0 Å². The largest absolute Gasteiger partial charge is 0.341 e. The van der Waals surface area contributed by atoms with Gasteiger partial charge < -0.3 is 5.32 Å². The van der Waals surface area contributed by atoms with Crippen molar-refractivity contribution in [3.63, 3.8) is 0 Å². The van der Waals surface area contributed by atoms with Crippen LogP contribution in [0.5, 0.6) is 0 Å². The number of carbonyl (C=O) groups excluding carboxylic acids is 1. The molecule has 0 aromatic heterocycles. The number of carbonyl (C=O) groups is 1. The van der Waals surface area contributed by atoms with Crippen molar-refractivity contribution in [2.75, 3.05) is 19.0 Å². The average Bonchev–Trinajstić information content (AvgIpc) is 2.16. The van der Waals surface area contributed by atoms with Gasteiger partial charge in [0.25, 0.3) is 0 Å². The van der Waals surface area contributed by atoms with Gasteiger partial charge in [-0.15, -0.1) is 0 Å². The van der Waals surface area contributed by atoms with Crippen LogP contribution in [0.4, 0.5) is 14.9 Å². The number of anilines is 1. The minimum absolute atomic E-state index is 0.266. The number of hydrogen-bond donors (Lipinski definition) is 1. The van der Waals surface area contributed by atoms with Gasteiger partial charge in [-0.25, -0.2) is 9.18 Å². The Hall–Kier alpha value is -1.58. The van der Waals surface area contributed by atoms with E-state index in [1.165, 1.54) is 25.1 Å². The zero-order valence-corrected chi connectivity index (χ0v) is 7.54. The minimum atomic E-state index is -0.409. The number of nitrogens with zero attached hydrogens (tertiary/aromatic N) is 1. The SMILES string of the molecule is CNC(=O)N(C)c1ccccc1F. The summed E-state index contributed by atoms with van der Waals surface area (Å²) in [4.78, 5) is 12.3. The second-order valence-corrected chi connectivity index (χ2v) is 2.57. The molecule has 70 valence electrons. The predicted molar refractivity (Wildman–Crippen MR) is 49.3 cm³/mol. The number of rotatable bonds is 1. The molecule has 1 rings (SSSR count). The van der Waals surface area contributed by atoms with Gasteiger partial charge in [-0.2, -0.15) is 0 Å². The monoisotopic (exact) mass is 182 g/mol. The van der Waals surface area contributed by atoms with E-state index in [1.807, 2.05) is 0 Å². The van der Waals surface area contributed by atoms with E-state index in [1.54, 1.807) is 18.2 Å². The molecule has 0 fully saturated rings. The van der Waals surface area contributed by atoms with Crippen LogP contribution in [0.1, 0.15) is 0 Å². The molecule has 0 spiro atoms. The molecule has 0 unspecified atom stereocenters. The van der Waals surface area contributed by atoms with Crippen molar-refractivity contribution in [2.24, 2.45) is 0 Å². The van der Waals surface area contributed by atoms with E-state index in [4.69, 9.17) is 0 Å². The first-order valence-electron chi connectivity index (χ1n) is 3.86. The maximum absolute atomic E-state index is 13.1. The summed E-state index contributed by atoms with van der Waals surface area (Å²) in [5.74, 6) is -0.409. The molecule has 3 nitrogen and oxygen atoms in total.